The number of ether oxygens (including phenoxy) is 1. The molecule has 2 rings (SSSR count). The average molecular weight is 356 g/mol. The molecule has 0 aliphatic carbocycles. The summed E-state index contributed by atoms with van der Waals surface area (Å²) in [6.07, 6.45) is -4.46. The van der Waals surface area contributed by atoms with E-state index in [0.717, 1.165) is 12.1 Å². The molecule has 0 bridgehead atoms. The molecule has 0 atom stereocenters. The Morgan fingerprint density at radius 1 is 0.952 bits per heavy atom. The Bertz CT molecular complexity index is 684. The van der Waals surface area contributed by atoms with Crippen LogP contribution in [0.4, 0.5) is 13.2 Å². The average Bonchev–Trinajstić information content (AvgIpc) is 2.42. The zero-order valence-electron chi connectivity index (χ0n) is 10.6. The fraction of sp³-hybridized carbons (Fsp3) is 0.143. The van der Waals surface area contributed by atoms with E-state index in [0.29, 0.717) is 11.1 Å². The number of methoxy groups -OCH3 is 1. The van der Waals surface area contributed by atoms with E-state index in [1.807, 2.05) is 0 Å². The lowest BCUT2D eigenvalue weighted by Crippen LogP contribution is -2.05. The van der Waals surface area contributed by atoms with Gasteiger partial charge in [-0.2, -0.15) is 13.2 Å². The van der Waals surface area contributed by atoms with Gasteiger partial charge in [0.1, 0.15) is 5.75 Å². The van der Waals surface area contributed by atoms with Crippen molar-refractivity contribution < 1.29 is 17.9 Å². The minimum absolute atomic E-state index is 0.0101. The third-order valence-corrected chi connectivity index (χ3v) is 3.96. The highest BCUT2D eigenvalue weighted by Crippen LogP contribution is 2.44. The van der Waals surface area contributed by atoms with Crippen LogP contribution in [-0.2, 0) is 6.18 Å². The van der Waals surface area contributed by atoms with Crippen LogP contribution in [0.25, 0.3) is 11.1 Å². The third kappa shape index (κ3) is 3.23. The van der Waals surface area contributed by atoms with E-state index < -0.39 is 11.7 Å². The second kappa shape index (κ2) is 5.95. The Hall–Kier alpha value is -1.10. The predicted octanol–water partition coefficient (Wildman–Crippen LogP) is 6.34. The van der Waals surface area contributed by atoms with E-state index in [1.165, 1.54) is 25.3 Å². The van der Waals surface area contributed by atoms with Gasteiger partial charge in [0.15, 0.2) is 0 Å². The molecule has 2 aromatic carbocycles. The molecule has 0 heterocycles. The maximum absolute atomic E-state index is 12.7. The van der Waals surface area contributed by atoms with Crippen LogP contribution in [0, 0.1) is 0 Å². The first-order valence-electron chi connectivity index (χ1n) is 5.64. The summed E-state index contributed by atoms with van der Waals surface area (Å²) in [5, 5.41) is 0.669. The molecule has 0 radical (unpaired) electrons. The third-order valence-electron chi connectivity index (χ3n) is 2.84. The number of rotatable bonds is 2. The van der Waals surface area contributed by atoms with E-state index in [9.17, 15) is 13.2 Å². The lowest BCUT2D eigenvalue weighted by Gasteiger charge is -2.15. The summed E-state index contributed by atoms with van der Waals surface area (Å²) in [7, 11) is 1.27. The second-order valence-corrected chi connectivity index (χ2v) is 5.32. The zero-order chi connectivity index (χ0) is 15.8. The maximum atomic E-state index is 12.7. The van der Waals surface area contributed by atoms with Crippen molar-refractivity contribution >= 4 is 34.8 Å². The Morgan fingerprint density at radius 2 is 1.57 bits per heavy atom. The van der Waals surface area contributed by atoms with Gasteiger partial charge in [-0.05, 0) is 30.3 Å². The molecule has 0 fully saturated rings. The SMILES string of the molecule is COc1cc(C(F)(F)F)ccc1-c1c(Cl)ccc(Cl)c1Cl. The van der Waals surface area contributed by atoms with Crippen molar-refractivity contribution in [3.8, 4) is 16.9 Å². The van der Waals surface area contributed by atoms with Crippen molar-refractivity contribution in [2.45, 2.75) is 6.18 Å². The van der Waals surface area contributed by atoms with Gasteiger partial charge >= 0.3 is 6.18 Å². The number of alkyl halides is 3. The van der Waals surface area contributed by atoms with Gasteiger partial charge in [-0.15, -0.1) is 0 Å². The van der Waals surface area contributed by atoms with E-state index in [4.69, 9.17) is 39.5 Å². The summed E-state index contributed by atoms with van der Waals surface area (Å²) in [6.45, 7) is 0. The van der Waals surface area contributed by atoms with Crippen molar-refractivity contribution in [2.75, 3.05) is 7.11 Å². The van der Waals surface area contributed by atoms with Gasteiger partial charge in [0.25, 0.3) is 0 Å². The molecule has 112 valence electrons. The Labute approximate surface area is 134 Å². The standard InChI is InChI=1S/C14H8Cl3F3O/c1-21-11-6-7(14(18,19)20)2-3-8(11)12-9(15)4-5-10(16)13(12)17/h2-6H,1H3. The minimum atomic E-state index is -4.46. The molecule has 0 unspecified atom stereocenters. The van der Waals surface area contributed by atoms with Gasteiger partial charge in [0.2, 0.25) is 0 Å². The summed E-state index contributed by atoms with van der Waals surface area (Å²) in [5.74, 6) is 0.0101. The van der Waals surface area contributed by atoms with Crippen LogP contribution in [0.5, 0.6) is 5.75 Å². The summed E-state index contributed by atoms with van der Waals surface area (Å²) in [5.41, 5.74) is -0.156. The first-order chi connectivity index (χ1) is 9.75. The van der Waals surface area contributed by atoms with E-state index in [1.54, 1.807) is 0 Å². The van der Waals surface area contributed by atoms with Crippen LogP contribution in [0.1, 0.15) is 5.56 Å². The molecule has 0 aromatic heterocycles. The van der Waals surface area contributed by atoms with Crippen molar-refractivity contribution in [2.24, 2.45) is 0 Å². The van der Waals surface area contributed by atoms with Gasteiger partial charge in [-0.1, -0.05) is 34.8 Å². The highest BCUT2D eigenvalue weighted by molar-refractivity contribution is 6.46. The van der Waals surface area contributed by atoms with Gasteiger partial charge < -0.3 is 4.74 Å². The molecule has 1 nitrogen and oxygen atoms in total. The fourth-order valence-corrected chi connectivity index (χ4v) is 2.58. The molecular formula is C14H8Cl3F3O. The quantitative estimate of drug-likeness (QED) is 0.571. The first kappa shape index (κ1) is 16.3. The molecule has 0 saturated heterocycles. The summed E-state index contributed by atoms with van der Waals surface area (Å²) in [4.78, 5) is 0. The van der Waals surface area contributed by atoms with E-state index >= 15 is 0 Å². The molecule has 2 aromatic rings. The van der Waals surface area contributed by atoms with Gasteiger partial charge in [0.05, 0.1) is 27.7 Å². The number of hydrogen-bond donors (Lipinski definition) is 0. The molecule has 0 N–H and O–H groups in total. The molecule has 0 aliphatic rings. The topological polar surface area (TPSA) is 9.23 Å². The molecule has 0 aliphatic heterocycles. The molecule has 0 saturated carbocycles. The summed E-state index contributed by atoms with van der Waals surface area (Å²) >= 11 is 18.1. The Morgan fingerprint density at radius 3 is 2.14 bits per heavy atom. The molecule has 7 heteroatoms. The Balaban J connectivity index is 2.68. The van der Waals surface area contributed by atoms with Gasteiger partial charge in [-0.3, -0.25) is 0 Å². The number of halogens is 6. The lowest BCUT2D eigenvalue weighted by molar-refractivity contribution is -0.137. The highest BCUT2D eigenvalue weighted by Gasteiger charge is 2.31. The van der Waals surface area contributed by atoms with Gasteiger partial charge in [0, 0.05) is 11.1 Å². The van der Waals surface area contributed by atoms with Crippen LogP contribution < -0.4 is 4.74 Å². The molecular weight excluding hydrogens is 348 g/mol. The molecule has 0 spiro atoms. The monoisotopic (exact) mass is 354 g/mol. The predicted molar refractivity (Wildman–Crippen MR) is 78.5 cm³/mol. The van der Waals surface area contributed by atoms with E-state index in [2.05, 4.69) is 0 Å². The second-order valence-electron chi connectivity index (χ2n) is 4.13. The van der Waals surface area contributed by atoms with Crippen molar-refractivity contribution in [3.63, 3.8) is 0 Å². The van der Waals surface area contributed by atoms with E-state index in [-0.39, 0.29) is 20.8 Å². The largest absolute Gasteiger partial charge is 0.496 e. The van der Waals surface area contributed by atoms with Crippen LogP contribution >= 0.6 is 34.8 Å². The summed E-state index contributed by atoms with van der Waals surface area (Å²) in [6, 6.07) is 6.11. The molecule has 0 amide bonds. The van der Waals surface area contributed by atoms with Crippen LogP contribution in [-0.4, -0.2) is 7.11 Å². The van der Waals surface area contributed by atoms with Gasteiger partial charge in [-0.25, -0.2) is 0 Å². The first-order valence-corrected chi connectivity index (χ1v) is 6.78. The fourth-order valence-electron chi connectivity index (χ4n) is 1.85. The number of benzene rings is 2. The van der Waals surface area contributed by atoms with Crippen LogP contribution in [0.15, 0.2) is 30.3 Å². The minimum Gasteiger partial charge on any atom is -0.496 e. The highest BCUT2D eigenvalue weighted by atomic mass is 35.5. The van der Waals surface area contributed by atoms with Crippen molar-refractivity contribution in [1.82, 2.24) is 0 Å². The maximum Gasteiger partial charge on any atom is 0.416 e. The lowest BCUT2D eigenvalue weighted by atomic mass is 10.0. The summed E-state index contributed by atoms with van der Waals surface area (Å²) < 4.78 is 43.2. The Kier molecular flexibility index (Phi) is 4.61. The van der Waals surface area contributed by atoms with Crippen molar-refractivity contribution in [3.05, 3.63) is 51.0 Å². The number of hydrogen-bond acceptors (Lipinski definition) is 1. The zero-order valence-corrected chi connectivity index (χ0v) is 12.8. The van der Waals surface area contributed by atoms with Crippen LogP contribution in [0.2, 0.25) is 15.1 Å². The van der Waals surface area contributed by atoms with Crippen molar-refractivity contribution in [1.29, 1.82) is 0 Å². The molecule has 21 heavy (non-hydrogen) atoms. The smallest absolute Gasteiger partial charge is 0.416 e. The normalized spacial score (nSPS) is 11.6. The van der Waals surface area contributed by atoms with Crippen LogP contribution in [0.3, 0.4) is 0 Å².